The van der Waals surface area contributed by atoms with Crippen molar-refractivity contribution in [1.29, 1.82) is 0 Å². The molecule has 2 aliphatic carbocycles. The van der Waals surface area contributed by atoms with Crippen LogP contribution < -0.4 is 5.32 Å². The zero-order chi connectivity index (χ0) is 18.0. The smallest absolute Gasteiger partial charge is 0.229 e. The Bertz CT molecular complexity index is 816. The minimum atomic E-state index is -0.0568. The maximum Gasteiger partial charge on any atom is 0.229 e. The number of nitrogens with zero attached hydrogens (tertiary/aromatic N) is 4. The first kappa shape index (κ1) is 16.3. The Morgan fingerprint density at radius 1 is 1.32 bits per heavy atom. The quantitative estimate of drug-likeness (QED) is 0.896. The molecule has 0 aromatic carbocycles. The van der Waals surface area contributed by atoms with Crippen LogP contribution in [0.3, 0.4) is 0 Å². The SMILES string of the molecule is Cn1nnc2c1CC(C(=O)Nc1cc(C3C(C)(C)C3(C)C)[nH]n1)CC2. The number of hydrogen-bond donors (Lipinski definition) is 2. The van der Waals surface area contributed by atoms with E-state index in [-0.39, 0.29) is 22.7 Å². The molecule has 2 aromatic heterocycles. The molecule has 7 nitrogen and oxygen atoms in total. The number of carbonyl (C=O) groups excluding carboxylic acids is 1. The van der Waals surface area contributed by atoms with Gasteiger partial charge in [-0.15, -0.1) is 5.10 Å². The molecule has 0 aliphatic heterocycles. The number of H-pyrrole nitrogens is 1. The number of nitrogens with one attached hydrogen (secondary N) is 2. The second-order valence-corrected chi connectivity index (χ2v) is 8.62. The molecule has 0 spiro atoms. The Morgan fingerprint density at radius 3 is 2.72 bits per heavy atom. The first-order valence-corrected chi connectivity index (χ1v) is 8.95. The Labute approximate surface area is 147 Å². The van der Waals surface area contributed by atoms with Crippen molar-refractivity contribution in [2.45, 2.75) is 52.9 Å². The maximum absolute atomic E-state index is 12.6. The van der Waals surface area contributed by atoms with E-state index in [1.165, 1.54) is 0 Å². The summed E-state index contributed by atoms with van der Waals surface area (Å²) in [5, 5.41) is 18.6. The fraction of sp³-hybridized carbons (Fsp3) is 0.667. The summed E-state index contributed by atoms with van der Waals surface area (Å²) in [5.41, 5.74) is 3.68. The summed E-state index contributed by atoms with van der Waals surface area (Å²) in [6.45, 7) is 9.10. The molecular formula is C18H26N6O. The van der Waals surface area contributed by atoms with Crippen molar-refractivity contribution in [3.8, 4) is 0 Å². The van der Waals surface area contributed by atoms with Gasteiger partial charge in [-0.25, -0.2) is 0 Å². The van der Waals surface area contributed by atoms with E-state index < -0.39 is 0 Å². The third-order valence-electron chi connectivity index (χ3n) is 6.74. The number of fused-ring (bicyclic) bond motifs is 1. The highest BCUT2D eigenvalue weighted by molar-refractivity contribution is 5.92. The number of amides is 1. The summed E-state index contributed by atoms with van der Waals surface area (Å²) in [6.07, 6.45) is 2.29. The zero-order valence-corrected chi connectivity index (χ0v) is 15.6. The summed E-state index contributed by atoms with van der Waals surface area (Å²) in [4.78, 5) is 12.6. The second-order valence-electron chi connectivity index (χ2n) is 8.62. The maximum atomic E-state index is 12.6. The van der Waals surface area contributed by atoms with Gasteiger partial charge in [0.1, 0.15) is 0 Å². The van der Waals surface area contributed by atoms with E-state index in [0.29, 0.717) is 18.2 Å². The minimum Gasteiger partial charge on any atom is -0.309 e. The standard InChI is InChI=1S/C18H26N6O/c1-17(2)15(18(17,3)4)12-9-14(22-20-12)19-16(25)10-6-7-11-13(8-10)24(5)23-21-11/h9-10,15H,6-8H2,1-5H3,(H2,19,20,22,25). The van der Waals surface area contributed by atoms with Crippen molar-refractivity contribution >= 4 is 11.7 Å². The van der Waals surface area contributed by atoms with Crippen LogP contribution in [0.25, 0.3) is 0 Å². The van der Waals surface area contributed by atoms with Gasteiger partial charge in [-0.05, 0) is 23.7 Å². The van der Waals surface area contributed by atoms with Gasteiger partial charge in [0.15, 0.2) is 5.82 Å². The lowest BCUT2D eigenvalue weighted by molar-refractivity contribution is -0.120. The van der Waals surface area contributed by atoms with Gasteiger partial charge in [0.25, 0.3) is 0 Å². The summed E-state index contributed by atoms with van der Waals surface area (Å²) in [5.74, 6) is 1.03. The molecule has 2 heterocycles. The fourth-order valence-electron chi connectivity index (χ4n) is 4.48. The minimum absolute atomic E-state index is 0.0271. The van der Waals surface area contributed by atoms with Gasteiger partial charge in [-0.1, -0.05) is 32.9 Å². The lowest BCUT2D eigenvalue weighted by atomic mass is 9.89. The number of aromatic amines is 1. The summed E-state index contributed by atoms with van der Waals surface area (Å²) in [6, 6.07) is 1.99. The summed E-state index contributed by atoms with van der Waals surface area (Å²) < 4.78 is 1.78. The molecule has 7 heteroatoms. The first-order valence-electron chi connectivity index (χ1n) is 8.95. The highest BCUT2D eigenvalue weighted by Gasteiger charge is 2.65. The van der Waals surface area contributed by atoms with Crippen LogP contribution in [-0.4, -0.2) is 31.1 Å². The van der Waals surface area contributed by atoms with Crippen molar-refractivity contribution in [2.75, 3.05) is 5.32 Å². The molecule has 1 unspecified atom stereocenters. The van der Waals surface area contributed by atoms with Crippen LogP contribution >= 0.6 is 0 Å². The highest BCUT2D eigenvalue weighted by atomic mass is 16.2. The van der Waals surface area contributed by atoms with Gasteiger partial charge < -0.3 is 5.32 Å². The van der Waals surface area contributed by atoms with Crippen molar-refractivity contribution in [3.63, 3.8) is 0 Å². The first-order chi connectivity index (χ1) is 11.7. The van der Waals surface area contributed by atoms with Gasteiger partial charge in [0, 0.05) is 37.1 Å². The number of carbonyl (C=O) groups is 1. The number of rotatable bonds is 3. The monoisotopic (exact) mass is 342 g/mol. The fourth-order valence-corrected chi connectivity index (χ4v) is 4.48. The number of aromatic nitrogens is 5. The molecule has 1 atom stereocenters. The molecule has 134 valence electrons. The summed E-state index contributed by atoms with van der Waals surface area (Å²) in [7, 11) is 1.88. The van der Waals surface area contributed by atoms with Crippen molar-refractivity contribution in [1.82, 2.24) is 25.2 Å². The molecule has 0 saturated heterocycles. The van der Waals surface area contributed by atoms with Gasteiger partial charge in [0.2, 0.25) is 5.91 Å². The van der Waals surface area contributed by atoms with Gasteiger partial charge in [0.05, 0.1) is 11.4 Å². The predicted octanol–water partition coefficient (Wildman–Crippen LogP) is 2.43. The molecule has 2 aliphatic rings. The lowest BCUT2D eigenvalue weighted by Gasteiger charge is -2.20. The number of anilines is 1. The van der Waals surface area contributed by atoms with Crippen LogP contribution in [0.15, 0.2) is 6.07 Å². The third kappa shape index (κ3) is 2.40. The third-order valence-corrected chi connectivity index (χ3v) is 6.74. The molecule has 0 bridgehead atoms. The van der Waals surface area contributed by atoms with Crippen LogP contribution in [-0.2, 0) is 24.7 Å². The van der Waals surface area contributed by atoms with Crippen molar-refractivity contribution < 1.29 is 4.79 Å². The molecule has 2 aromatic rings. The van der Waals surface area contributed by atoms with E-state index in [4.69, 9.17) is 0 Å². The zero-order valence-electron chi connectivity index (χ0n) is 15.6. The van der Waals surface area contributed by atoms with Crippen LogP contribution in [0.4, 0.5) is 5.82 Å². The van der Waals surface area contributed by atoms with E-state index in [1.54, 1.807) is 4.68 Å². The van der Waals surface area contributed by atoms with Crippen LogP contribution in [0.1, 0.15) is 57.1 Å². The van der Waals surface area contributed by atoms with E-state index in [2.05, 4.69) is 53.5 Å². The predicted molar refractivity (Wildman–Crippen MR) is 94.0 cm³/mol. The topological polar surface area (TPSA) is 88.5 Å². The Morgan fingerprint density at radius 2 is 2.04 bits per heavy atom. The normalized spacial score (nSPS) is 24.0. The lowest BCUT2D eigenvalue weighted by Crippen LogP contribution is -2.29. The van der Waals surface area contributed by atoms with Gasteiger partial charge >= 0.3 is 0 Å². The molecule has 1 saturated carbocycles. The average Bonchev–Trinajstić information content (AvgIpc) is 2.97. The summed E-state index contributed by atoms with van der Waals surface area (Å²) >= 11 is 0. The number of hydrogen-bond acceptors (Lipinski definition) is 4. The van der Waals surface area contributed by atoms with Gasteiger partial charge in [-0.3, -0.25) is 14.6 Å². The Kier molecular flexibility index (Phi) is 3.36. The van der Waals surface area contributed by atoms with E-state index >= 15 is 0 Å². The second kappa shape index (κ2) is 5.16. The Balaban J connectivity index is 1.44. The van der Waals surface area contributed by atoms with Crippen LogP contribution in [0.2, 0.25) is 0 Å². The molecule has 25 heavy (non-hydrogen) atoms. The van der Waals surface area contributed by atoms with Gasteiger partial charge in [-0.2, -0.15) is 5.10 Å². The van der Waals surface area contributed by atoms with Crippen LogP contribution in [0, 0.1) is 16.7 Å². The number of aryl methyl sites for hydroxylation is 2. The molecule has 0 radical (unpaired) electrons. The molecule has 4 rings (SSSR count). The largest absolute Gasteiger partial charge is 0.309 e. The Hall–Kier alpha value is -2.18. The molecule has 2 N–H and O–H groups in total. The van der Waals surface area contributed by atoms with Crippen molar-refractivity contribution in [3.05, 3.63) is 23.1 Å². The van der Waals surface area contributed by atoms with E-state index in [9.17, 15) is 4.79 Å². The average molecular weight is 342 g/mol. The van der Waals surface area contributed by atoms with Crippen LogP contribution in [0.5, 0.6) is 0 Å². The molecule has 1 fully saturated rings. The van der Waals surface area contributed by atoms with E-state index in [1.807, 2.05) is 13.1 Å². The highest BCUT2D eigenvalue weighted by Crippen LogP contribution is 2.73. The molecular weight excluding hydrogens is 316 g/mol. The van der Waals surface area contributed by atoms with E-state index in [0.717, 1.165) is 29.9 Å². The molecule has 1 amide bonds. The van der Waals surface area contributed by atoms with Crippen molar-refractivity contribution in [2.24, 2.45) is 23.8 Å².